The van der Waals surface area contributed by atoms with Gasteiger partial charge in [-0.25, -0.2) is 4.79 Å². The quantitative estimate of drug-likeness (QED) is 0.663. The lowest BCUT2D eigenvalue weighted by molar-refractivity contribution is -0.133. The van der Waals surface area contributed by atoms with Crippen molar-refractivity contribution in [2.75, 3.05) is 18.7 Å². The molecule has 4 amide bonds. The summed E-state index contributed by atoms with van der Waals surface area (Å²) in [5.41, 5.74) is -0.801. The number of fused-ring (bicyclic) bond motifs is 1. The second kappa shape index (κ2) is 7.54. The van der Waals surface area contributed by atoms with Gasteiger partial charge in [-0.05, 0) is 19.1 Å². The van der Waals surface area contributed by atoms with Gasteiger partial charge in [-0.1, -0.05) is 40.9 Å². The Morgan fingerprint density at radius 3 is 2.53 bits per heavy atom. The molecule has 1 fully saturated rings. The molecule has 0 radical (unpaired) electrons. The predicted octanol–water partition coefficient (Wildman–Crippen LogP) is 3.78. The molecule has 2 aliphatic rings. The molecule has 1 unspecified atom stereocenters. The topological polar surface area (TPSA) is 97.0 Å². The van der Waals surface area contributed by atoms with Gasteiger partial charge in [-0.2, -0.15) is 0 Å². The summed E-state index contributed by atoms with van der Waals surface area (Å²) in [5.74, 6) is -0.355. The molecule has 0 bridgehead atoms. The van der Waals surface area contributed by atoms with Crippen LogP contribution in [0.3, 0.4) is 0 Å². The Morgan fingerprint density at radius 1 is 1.13 bits per heavy atom. The highest BCUT2D eigenvalue weighted by atomic mass is 35.5. The molecule has 2 aliphatic heterocycles. The lowest BCUT2D eigenvalue weighted by Gasteiger charge is -2.23. The first-order valence-electron chi connectivity index (χ1n) is 8.67. The van der Waals surface area contributed by atoms with Crippen molar-refractivity contribution in [1.82, 2.24) is 10.2 Å². The predicted molar refractivity (Wildman–Crippen MR) is 110 cm³/mol. The summed E-state index contributed by atoms with van der Waals surface area (Å²) in [6.07, 6.45) is 0. The maximum atomic E-state index is 13.0. The first kappa shape index (κ1) is 20.6. The van der Waals surface area contributed by atoms with Gasteiger partial charge in [-0.15, -0.1) is 0 Å². The molecular weight excluding hydrogens is 457 g/mol. The molecule has 2 aromatic rings. The van der Waals surface area contributed by atoms with E-state index < -0.39 is 29.9 Å². The monoisotopic (exact) mass is 469 g/mol. The fourth-order valence-corrected chi connectivity index (χ4v) is 4.06. The minimum atomic E-state index is -1.44. The lowest BCUT2D eigenvalue weighted by Crippen LogP contribution is -2.42. The summed E-state index contributed by atoms with van der Waals surface area (Å²) in [5, 5.41) is 5.99. The Bertz CT molecular complexity index is 1090. The van der Waals surface area contributed by atoms with Crippen molar-refractivity contribution in [1.29, 1.82) is 0 Å². The minimum absolute atomic E-state index is 0.0529. The number of amides is 4. The van der Waals surface area contributed by atoms with Gasteiger partial charge in [-0.3, -0.25) is 14.5 Å². The number of benzene rings is 2. The van der Waals surface area contributed by atoms with Crippen molar-refractivity contribution >= 4 is 58.3 Å². The van der Waals surface area contributed by atoms with Crippen molar-refractivity contribution in [2.45, 2.75) is 12.5 Å². The summed E-state index contributed by atoms with van der Waals surface area (Å²) < 4.78 is 10.5. The number of imide groups is 1. The molecule has 2 aromatic carbocycles. The van der Waals surface area contributed by atoms with Crippen LogP contribution in [0.4, 0.5) is 10.5 Å². The number of carbonyl (C=O) groups is 3. The van der Waals surface area contributed by atoms with Crippen LogP contribution in [0.25, 0.3) is 0 Å². The van der Waals surface area contributed by atoms with Gasteiger partial charge in [0.15, 0.2) is 11.5 Å². The van der Waals surface area contributed by atoms with Crippen LogP contribution in [0.5, 0.6) is 11.5 Å². The van der Waals surface area contributed by atoms with Crippen LogP contribution in [0, 0.1) is 0 Å². The first-order chi connectivity index (χ1) is 14.2. The smallest absolute Gasteiger partial charge is 0.325 e. The molecule has 0 spiro atoms. The molecule has 1 atom stereocenters. The van der Waals surface area contributed by atoms with Crippen LogP contribution in [0.1, 0.15) is 12.5 Å². The van der Waals surface area contributed by atoms with Gasteiger partial charge in [0.1, 0.15) is 12.1 Å². The van der Waals surface area contributed by atoms with E-state index in [1.807, 2.05) is 0 Å². The maximum absolute atomic E-state index is 13.0. The summed E-state index contributed by atoms with van der Waals surface area (Å²) in [4.78, 5) is 38.8. The maximum Gasteiger partial charge on any atom is 0.325 e. The molecule has 156 valence electrons. The third-order valence-corrected chi connectivity index (χ3v) is 5.64. The normalized spacial score (nSPS) is 19.8. The molecule has 8 nitrogen and oxygen atoms in total. The number of ether oxygens (including phenoxy) is 2. The summed E-state index contributed by atoms with van der Waals surface area (Å²) in [6.45, 7) is 1.04. The highest BCUT2D eigenvalue weighted by Crippen LogP contribution is 2.39. The Labute approximate surface area is 186 Å². The fraction of sp³-hybridized carbons (Fsp3) is 0.211. The SMILES string of the molecule is CC1(c2ccc(Cl)cc2Cl)NC(=O)N(CC(=O)Nc2cc3c(cc2Cl)OCO3)C1=O. The Morgan fingerprint density at radius 2 is 1.83 bits per heavy atom. The largest absolute Gasteiger partial charge is 0.454 e. The number of anilines is 1. The van der Waals surface area contributed by atoms with E-state index in [0.717, 1.165) is 4.90 Å². The lowest BCUT2D eigenvalue weighted by atomic mass is 9.92. The molecule has 0 saturated carbocycles. The van der Waals surface area contributed by atoms with Crippen molar-refractivity contribution in [3.8, 4) is 11.5 Å². The van der Waals surface area contributed by atoms with Crippen LogP contribution >= 0.6 is 34.8 Å². The number of hydrogen-bond acceptors (Lipinski definition) is 5. The molecule has 0 aromatic heterocycles. The molecule has 11 heteroatoms. The zero-order valence-electron chi connectivity index (χ0n) is 15.4. The van der Waals surface area contributed by atoms with Crippen molar-refractivity contribution in [2.24, 2.45) is 0 Å². The Balaban J connectivity index is 1.52. The van der Waals surface area contributed by atoms with Crippen LogP contribution in [0.15, 0.2) is 30.3 Å². The van der Waals surface area contributed by atoms with Gasteiger partial charge in [0.25, 0.3) is 5.91 Å². The van der Waals surface area contributed by atoms with Gasteiger partial charge in [0.05, 0.1) is 10.7 Å². The number of halogens is 3. The second-order valence-electron chi connectivity index (χ2n) is 6.80. The number of hydrogen-bond donors (Lipinski definition) is 2. The number of nitrogens with zero attached hydrogens (tertiary/aromatic N) is 1. The molecule has 1 saturated heterocycles. The molecular formula is C19H14Cl3N3O5. The van der Waals surface area contributed by atoms with E-state index in [0.29, 0.717) is 22.1 Å². The Hall–Kier alpha value is -2.68. The number of nitrogens with one attached hydrogen (secondary N) is 2. The van der Waals surface area contributed by atoms with E-state index >= 15 is 0 Å². The standard InChI is InChI=1S/C19H14Cl3N3O5/c1-19(10-3-2-9(20)4-11(10)21)17(27)25(18(28)24-19)7-16(26)23-13-6-15-14(5-12(13)22)29-8-30-15/h2-6H,7-8H2,1H3,(H,23,26)(H,24,28). The molecule has 2 heterocycles. The van der Waals surface area contributed by atoms with E-state index in [1.54, 1.807) is 12.1 Å². The highest BCUT2D eigenvalue weighted by molar-refractivity contribution is 6.35. The van der Waals surface area contributed by atoms with E-state index in [4.69, 9.17) is 44.3 Å². The average Bonchev–Trinajstić information content (AvgIpc) is 3.20. The molecule has 30 heavy (non-hydrogen) atoms. The van der Waals surface area contributed by atoms with E-state index in [2.05, 4.69) is 10.6 Å². The minimum Gasteiger partial charge on any atom is -0.454 e. The second-order valence-corrected chi connectivity index (χ2v) is 8.05. The summed E-state index contributed by atoms with van der Waals surface area (Å²) in [6, 6.07) is 6.88. The fourth-order valence-electron chi connectivity index (χ4n) is 3.26. The van der Waals surface area contributed by atoms with Gasteiger partial charge in [0, 0.05) is 27.7 Å². The number of carbonyl (C=O) groups excluding carboxylic acids is 3. The van der Waals surface area contributed by atoms with Gasteiger partial charge < -0.3 is 20.1 Å². The number of rotatable bonds is 4. The van der Waals surface area contributed by atoms with Crippen molar-refractivity contribution in [3.63, 3.8) is 0 Å². The average molecular weight is 471 g/mol. The van der Waals surface area contributed by atoms with E-state index in [9.17, 15) is 14.4 Å². The van der Waals surface area contributed by atoms with E-state index in [1.165, 1.54) is 25.1 Å². The summed E-state index contributed by atoms with van der Waals surface area (Å²) in [7, 11) is 0. The zero-order chi connectivity index (χ0) is 21.6. The number of urea groups is 1. The first-order valence-corrected chi connectivity index (χ1v) is 9.81. The van der Waals surface area contributed by atoms with Crippen LogP contribution in [-0.4, -0.2) is 36.1 Å². The summed E-state index contributed by atoms with van der Waals surface area (Å²) >= 11 is 18.3. The van der Waals surface area contributed by atoms with Gasteiger partial charge >= 0.3 is 6.03 Å². The van der Waals surface area contributed by atoms with E-state index in [-0.39, 0.29) is 22.5 Å². The third-order valence-electron chi connectivity index (χ3n) is 4.78. The third kappa shape index (κ3) is 3.51. The van der Waals surface area contributed by atoms with Crippen molar-refractivity contribution in [3.05, 3.63) is 51.0 Å². The van der Waals surface area contributed by atoms with Gasteiger partial charge in [0.2, 0.25) is 12.7 Å². The highest BCUT2D eigenvalue weighted by Gasteiger charge is 2.50. The van der Waals surface area contributed by atoms with Crippen LogP contribution in [-0.2, 0) is 15.1 Å². The molecule has 0 aliphatic carbocycles. The molecule has 2 N–H and O–H groups in total. The molecule has 4 rings (SSSR count). The van der Waals surface area contributed by atoms with Crippen LogP contribution in [0.2, 0.25) is 15.1 Å². The van der Waals surface area contributed by atoms with Crippen molar-refractivity contribution < 1.29 is 23.9 Å². The zero-order valence-corrected chi connectivity index (χ0v) is 17.7. The Kier molecular flexibility index (Phi) is 5.17. The van der Waals surface area contributed by atoms with Crippen LogP contribution < -0.4 is 20.1 Å².